The highest BCUT2D eigenvalue weighted by molar-refractivity contribution is 6.84. The number of hydrogen-bond acceptors (Lipinski definition) is 1. The maximum Gasteiger partial charge on any atom is 0.460 e. The summed E-state index contributed by atoms with van der Waals surface area (Å²) in [5, 5.41) is 0.251. The number of alkyl halides is 17. The molecule has 0 N–H and O–H groups in total. The third-order valence-corrected chi connectivity index (χ3v) is 8.06. The molecule has 1 aromatic rings. The molecule has 0 spiro atoms. The average Bonchev–Trinajstić information content (AvgIpc) is 2.77. The Hall–Kier alpha value is -2.23. The van der Waals surface area contributed by atoms with E-state index in [-0.39, 0.29) is 5.19 Å². The lowest BCUT2D eigenvalue weighted by Gasteiger charge is -2.42. The normalized spacial score (nSPS) is 15.3. The Morgan fingerprint density at radius 1 is 0.615 bits per heavy atom. The fraction of sp³-hybridized carbons (Fsp3) is 0.600. The minimum atomic E-state index is -8.64. The SMILES string of the molecule is C#Cc1ccc([Si](C)(C)OCCC(F)(F)C(F)(F)C(F)(F)C(F)(F)C(F)(F)C(F)(F)C(F)(F)C(F)(F)F)cc1. The summed E-state index contributed by atoms with van der Waals surface area (Å²) < 4.78 is 231. The summed E-state index contributed by atoms with van der Waals surface area (Å²) in [6, 6.07) is 5.28. The van der Waals surface area contributed by atoms with E-state index in [0.29, 0.717) is 5.56 Å². The highest BCUT2D eigenvalue weighted by Crippen LogP contribution is 2.64. The molecule has 0 aliphatic heterocycles. The highest BCUT2D eigenvalue weighted by Gasteiger charge is 2.95. The molecule has 1 aromatic carbocycles. The summed E-state index contributed by atoms with van der Waals surface area (Å²) in [4.78, 5) is 0. The van der Waals surface area contributed by atoms with Gasteiger partial charge in [0.05, 0.1) is 0 Å². The molecule has 0 aliphatic carbocycles. The number of halogens is 17. The van der Waals surface area contributed by atoms with Gasteiger partial charge in [0, 0.05) is 18.6 Å². The summed E-state index contributed by atoms with van der Waals surface area (Å²) >= 11 is 0. The molecule has 0 aromatic heterocycles. The lowest BCUT2D eigenvalue weighted by Crippen LogP contribution is -2.74. The summed E-state index contributed by atoms with van der Waals surface area (Å²) in [6.07, 6.45) is -5.30. The van der Waals surface area contributed by atoms with Crippen LogP contribution in [-0.2, 0) is 4.43 Å². The van der Waals surface area contributed by atoms with Gasteiger partial charge < -0.3 is 4.43 Å². The van der Waals surface area contributed by atoms with Crippen molar-refractivity contribution in [1.82, 2.24) is 0 Å². The van der Waals surface area contributed by atoms with Crippen LogP contribution in [-0.4, -0.2) is 62.6 Å². The Balaban J connectivity index is 3.32. The van der Waals surface area contributed by atoms with E-state index in [0.717, 1.165) is 0 Å². The first-order valence-electron chi connectivity index (χ1n) is 9.92. The van der Waals surface area contributed by atoms with Crippen molar-refractivity contribution >= 4 is 13.5 Å². The van der Waals surface area contributed by atoms with E-state index < -0.39 is 69.0 Å². The zero-order chi connectivity index (χ0) is 31.3. The first kappa shape index (κ1) is 34.8. The van der Waals surface area contributed by atoms with Gasteiger partial charge in [-0.15, -0.1) is 6.42 Å². The molecule has 0 atom stereocenters. The first-order valence-corrected chi connectivity index (χ1v) is 12.8. The van der Waals surface area contributed by atoms with Gasteiger partial charge in [-0.25, -0.2) is 0 Å². The molecule has 0 heterocycles. The lowest BCUT2D eigenvalue weighted by molar-refractivity contribution is -0.461. The Bertz CT molecular complexity index is 1050. The Labute approximate surface area is 209 Å². The molecule has 0 aliphatic rings. The largest absolute Gasteiger partial charge is 0.460 e. The van der Waals surface area contributed by atoms with Gasteiger partial charge in [-0.05, 0) is 30.4 Å². The van der Waals surface area contributed by atoms with Crippen LogP contribution in [0.15, 0.2) is 24.3 Å². The predicted molar refractivity (Wildman–Crippen MR) is 103 cm³/mol. The van der Waals surface area contributed by atoms with Crippen molar-refractivity contribution in [2.24, 2.45) is 0 Å². The van der Waals surface area contributed by atoms with Gasteiger partial charge in [0.15, 0.2) is 0 Å². The van der Waals surface area contributed by atoms with Crippen molar-refractivity contribution in [2.75, 3.05) is 6.61 Å². The molecule has 0 bridgehead atoms. The highest BCUT2D eigenvalue weighted by atomic mass is 28.4. The van der Waals surface area contributed by atoms with Gasteiger partial charge in [0.25, 0.3) is 0 Å². The number of terminal acetylenes is 1. The Morgan fingerprint density at radius 3 is 1.33 bits per heavy atom. The molecule has 0 fully saturated rings. The smallest absolute Gasteiger partial charge is 0.413 e. The number of benzene rings is 1. The molecule has 1 nitrogen and oxygen atoms in total. The standard InChI is InChI=1S/C20H15F17OSi/c1-4-11-5-7-12(8-6-11)39(2,3)38-10-9-13(21,22)14(23,24)15(25,26)16(27,28)17(29,30)18(31,32)19(33,34)20(35,36)37/h1,5-8H,9-10H2,2-3H3. The fourth-order valence-electron chi connectivity index (χ4n) is 2.84. The van der Waals surface area contributed by atoms with Crippen molar-refractivity contribution in [3.8, 4) is 12.3 Å². The van der Waals surface area contributed by atoms with E-state index in [1.54, 1.807) is 0 Å². The van der Waals surface area contributed by atoms with E-state index in [1.165, 1.54) is 37.4 Å². The maximum atomic E-state index is 14.0. The molecule has 0 saturated carbocycles. The minimum Gasteiger partial charge on any atom is -0.413 e. The second kappa shape index (κ2) is 10.00. The van der Waals surface area contributed by atoms with Crippen molar-refractivity contribution in [3.05, 3.63) is 29.8 Å². The second-order valence-corrected chi connectivity index (χ2v) is 12.4. The predicted octanol–water partition coefficient (Wildman–Crippen LogP) is 7.50. The molecule has 0 radical (unpaired) electrons. The van der Waals surface area contributed by atoms with Crippen molar-refractivity contribution in [2.45, 2.75) is 67.1 Å². The van der Waals surface area contributed by atoms with Crippen LogP contribution in [0, 0.1) is 12.3 Å². The van der Waals surface area contributed by atoms with Crippen LogP contribution in [0.2, 0.25) is 13.1 Å². The molecular formula is C20H15F17OSi. The van der Waals surface area contributed by atoms with Crippen LogP contribution in [0.4, 0.5) is 74.6 Å². The molecule has 39 heavy (non-hydrogen) atoms. The zero-order valence-corrected chi connectivity index (χ0v) is 20.1. The molecule has 0 saturated heterocycles. The monoisotopic (exact) mass is 622 g/mol. The Morgan fingerprint density at radius 2 is 0.974 bits per heavy atom. The van der Waals surface area contributed by atoms with Gasteiger partial charge in [0.2, 0.25) is 8.32 Å². The van der Waals surface area contributed by atoms with Crippen LogP contribution in [0.1, 0.15) is 12.0 Å². The summed E-state index contributed by atoms with van der Waals surface area (Å²) in [5.74, 6) is -54.2. The van der Waals surface area contributed by atoms with E-state index >= 15 is 0 Å². The minimum absolute atomic E-state index is 0.251. The topological polar surface area (TPSA) is 9.23 Å². The number of rotatable bonds is 11. The molecular weight excluding hydrogens is 607 g/mol. The van der Waals surface area contributed by atoms with Crippen LogP contribution < -0.4 is 5.19 Å². The molecule has 224 valence electrons. The quantitative estimate of drug-likeness (QED) is 0.141. The van der Waals surface area contributed by atoms with E-state index in [1.807, 2.05) is 0 Å². The summed E-state index contributed by atoms with van der Waals surface area (Å²) in [7, 11) is -3.34. The molecule has 0 unspecified atom stereocenters. The van der Waals surface area contributed by atoms with Gasteiger partial charge in [0.1, 0.15) is 0 Å². The Kier molecular flexibility index (Phi) is 8.92. The van der Waals surface area contributed by atoms with Crippen LogP contribution >= 0.6 is 0 Å². The second-order valence-electron chi connectivity index (χ2n) is 8.48. The van der Waals surface area contributed by atoms with Gasteiger partial charge in [-0.3, -0.25) is 0 Å². The van der Waals surface area contributed by atoms with Crippen molar-refractivity contribution < 1.29 is 79.1 Å². The summed E-state index contributed by atoms with van der Waals surface area (Å²) in [5.41, 5.74) is 0.327. The van der Waals surface area contributed by atoms with Crippen LogP contribution in [0.5, 0.6) is 0 Å². The lowest BCUT2D eigenvalue weighted by atomic mass is 9.88. The van der Waals surface area contributed by atoms with Crippen molar-refractivity contribution in [1.29, 1.82) is 0 Å². The van der Waals surface area contributed by atoms with Crippen LogP contribution in [0.25, 0.3) is 0 Å². The number of hydrogen-bond donors (Lipinski definition) is 0. The fourth-order valence-corrected chi connectivity index (χ4v) is 4.59. The van der Waals surface area contributed by atoms with Crippen molar-refractivity contribution in [3.63, 3.8) is 0 Å². The van der Waals surface area contributed by atoms with Gasteiger partial charge >= 0.3 is 47.6 Å². The van der Waals surface area contributed by atoms with E-state index in [2.05, 4.69) is 5.92 Å². The third kappa shape index (κ3) is 5.42. The zero-order valence-electron chi connectivity index (χ0n) is 19.1. The maximum absolute atomic E-state index is 14.0. The average molecular weight is 622 g/mol. The van der Waals surface area contributed by atoms with Crippen LogP contribution in [0.3, 0.4) is 0 Å². The summed E-state index contributed by atoms with van der Waals surface area (Å²) in [6.45, 7) is 0.861. The van der Waals surface area contributed by atoms with E-state index in [9.17, 15) is 74.6 Å². The third-order valence-electron chi connectivity index (χ3n) is 5.41. The van der Waals surface area contributed by atoms with Gasteiger partial charge in [-0.1, -0.05) is 18.1 Å². The molecule has 1 rings (SSSR count). The van der Waals surface area contributed by atoms with E-state index in [4.69, 9.17) is 10.8 Å². The van der Waals surface area contributed by atoms with Gasteiger partial charge in [-0.2, -0.15) is 74.6 Å². The molecule has 0 amide bonds. The molecule has 19 heteroatoms. The first-order chi connectivity index (χ1) is 17.0.